The van der Waals surface area contributed by atoms with Crippen LogP contribution < -0.4 is 10.5 Å². The Morgan fingerprint density at radius 2 is 1.84 bits per heavy atom. The summed E-state index contributed by atoms with van der Waals surface area (Å²) in [5.74, 6) is 0.701. The summed E-state index contributed by atoms with van der Waals surface area (Å²) in [6.07, 6.45) is 2.33. The molecule has 0 amide bonds. The number of anilines is 1. The molecule has 4 nitrogen and oxygen atoms in total. The van der Waals surface area contributed by atoms with Crippen LogP contribution in [0.3, 0.4) is 0 Å². The summed E-state index contributed by atoms with van der Waals surface area (Å²) in [6, 6.07) is 9.87. The van der Waals surface area contributed by atoms with Crippen molar-refractivity contribution >= 4 is 5.95 Å². The number of aromatic amines is 1. The van der Waals surface area contributed by atoms with Crippen LogP contribution in [0.25, 0.3) is 11.3 Å². The molecule has 1 saturated heterocycles. The van der Waals surface area contributed by atoms with Crippen molar-refractivity contribution in [1.29, 1.82) is 0 Å². The normalized spacial score (nSPS) is 14.9. The maximum absolute atomic E-state index is 12.1. The minimum atomic E-state index is -0.0456. The molecule has 1 N–H and O–H groups in total. The Labute approximate surface area is 112 Å². The lowest BCUT2D eigenvalue weighted by Gasteiger charge is -2.17. The van der Waals surface area contributed by atoms with Crippen molar-refractivity contribution in [3.63, 3.8) is 0 Å². The fraction of sp³-hybridized carbons (Fsp3) is 0.333. The summed E-state index contributed by atoms with van der Waals surface area (Å²) < 4.78 is 0. The molecule has 1 aromatic heterocycles. The molecule has 4 heteroatoms. The Kier molecular flexibility index (Phi) is 3.07. The molecule has 1 fully saturated rings. The summed E-state index contributed by atoms with van der Waals surface area (Å²) in [4.78, 5) is 21.8. The van der Waals surface area contributed by atoms with Crippen LogP contribution in [0.4, 0.5) is 5.95 Å². The fourth-order valence-electron chi connectivity index (χ4n) is 2.48. The Morgan fingerprint density at radius 1 is 1.16 bits per heavy atom. The lowest BCUT2D eigenvalue weighted by molar-refractivity contribution is 0.886. The van der Waals surface area contributed by atoms with Gasteiger partial charge in [0.05, 0.1) is 5.69 Å². The van der Waals surface area contributed by atoms with Crippen LogP contribution >= 0.6 is 0 Å². The molecule has 0 atom stereocenters. The van der Waals surface area contributed by atoms with Crippen molar-refractivity contribution in [2.75, 3.05) is 18.0 Å². The van der Waals surface area contributed by atoms with Gasteiger partial charge in [-0.1, -0.05) is 30.3 Å². The molecule has 2 heterocycles. The first-order chi connectivity index (χ1) is 9.25. The van der Waals surface area contributed by atoms with E-state index < -0.39 is 0 Å². The van der Waals surface area contributed by atoms with Crippen LogP contribution in [-0.2, 0) is 0 Å². The summed E-state index contributed by atoms with van der Waals surface area (Å²) in [5, 5.41) is 0. The van der Waals surface area contributed by atoms with Gasteiger partial charge in [0.15, 0.2) is 0 Å². The quantitative estimate of drug-likeness (QED) is 0.896. The summed E-state index contributed by atoms with van der Waals surface area (Å²) in [7, 11) is 0. The highest BCUT2D eigenvalue weighted by Crippen LogP contribution is 2.22. The first-order valence-corrected chi connectivity index (χ1v) is 6.67. The predicted octanol–water partition coefficient (Wildman–Crippen LogP) is 2.35. The first kappa shape index (κ1) is 12.0. The van der Waals surface area contributed by atoms with E-state index in [2.05, 4.69) is 14.9 Å². The third kappa shape index (κ3) is 2.26. The zero-order chi connectivity index (χ0) is 13.2. The van der Waals surface area contributed by atoms with Crippen molar-refractivity contribution in [2.45, 2.75) is 19.8 Å². The lowest BCUT2D eigenvalue weighted by atomic mass is 10.1. The number of hydrogen-bond donors (Lipinski definition) is 1. The van der Waals surface area contributed by atoms with Crippen molar-refractivity contribution in [2.24, 2.45) is 0 Å². The van der Waals surface area contributed by atoms with E-state index in [1.54, 1.807) is 0 Å². The molecule has 1 aromatic carbocycles. The van der Waals surface area contributed by atoms with Crippen LogP contribution in [-0.4, -0.2) is 23.1 Å². The maximum atomic E-state index is 12.1. The summed E-state index contributed by atoms with van der Waals surface area (Å²) >= 11 is 0. The smallest absolute Gasteiger partial charge is 0.255 e. The van der Waals surface area contributed by atoms with E-state index >= 15 is 0 Å². The molecule has 0 aliphatic carbocycles. The second-order valence-corrected chi connectivity index (χ2v) is 4.92. The number of benzene rings is 1. The van der Waals surface area contributed by atoms with Gasteiger partial charge in [-0.25, -0.2) is 4.98 Å². The highest BCUT2D eigenvalue weighted by Gasteiger charge is 2.17. The minimum Gasteiger partial charge on any atom is -0.342 e. The molecule has 19 heavy (non-hydrogen) atoms. The van der Waals surface area contributed by atoms with Gasteiger partial charge in [0.1, 0.15) is 0 Å². The largest absolute Gasteiger partial charge is 0.342 e. The number of nitrogens with one attached hydrogen (secondary N) is 1. The van der Waals surface area contributed by atoms with Crippen LogP contribution in [0.1, 0.15) is 18.4 Å². The highest BCUT2D eigenvalue weighted by molar-refractivity contribution is 5.63. The first-order valence-electron chi connectivity index (χ1n) is 6.67. The van der Waals surface area contributed by atoms with E-state index in [1.807, 2.05) is 37.3 Å². The van der Waals surface area contributed by atoms with Gasteiger partial charge >= 0.3 is 0 Å². The van der Waals surface area contributed by atoms with E-state index in [4.69, 9.17) is 0 Å². The van der Waals surface area contributed by atoms with Gasteiger partial charge < -0.3 is 4.90 Å². The molecule has 98 valence electrons. The van der Waals surface area contributed by atoms with Crippen molar-refractivity contribution < 1.29 is 0 Å². The van der Waals surface area contributed by atoms with Gasteiger partial charge in [-0.3, -0.25) is 9.78 Å². The molecule has 3 rings (SSSR count). The van der Waals surface area contributed by atoms with Gasteiger partial charge in [0, 0.05) is 24.2 Å². The third-order valence-corrected chi connectivity index (χ3v) is 3.59. The van der Waals surface area contributed by atoms with Gasteiger partial charge in [-0.05, 0) is 19.8 Å². The molecule has 0 spiro atoms. The van der Waals surface area contributed by atoms with Crippen molar-refractivity contribution in [1.82, 2.24) is 9.97 Å². The van der Waals surface area contributed by atoms with Crippen molar-refractivity contribution in [3.05, 3.63) is 46.2 Å². The standard InChI is InChI=1S/C15H17N3O/c1-11-13(12-7-3-2-4-8-12)16-15(17-14(11)19)18-9-5-6-10-18/h2-4,7-8H,5-6,9-10H2,1H3,(H,16,17,19). The third-order valence-electron chi connectivity index (χ3n) is 3.59. The Bertz CT molecular complexity index is 628. The second kappa shape index (κ2) is 4.88. The minimum absolute atomic E-state index is 0.0456. The van der Waals surface area contributed by atoms with Crippen LogP contribution in [0.15, 0.2) is 35.1 Å². The number of rotatable bonds is 2. The van der Waals surface area contributed by atoms with Crippen LogP contribution in [0.2, 0.25) is 0 Å². The van der Waals surface area contributed by atoms with E-state index in [9.17, 15) is 4.79 Å². The molecular formula is C15H17N3O. The molecule has 1 aliphatic heterocycles. The zero-order valence-electron chi connectivity index (χ0n) is 11.0. The Balaban J connectivity index is 2.11. The zero-order valence-corrected chi connectivity index (χ0v) is 11.0. The molecule has 0 unspecified atom stereocenters. The monoisotopic (exact) mass is 255 g/mol. The average molecular weight is 255 g/mol. The maximum Gasteiger partial charge on any atom is 0.255 e. The number of H-pyrrole nitrogens is 1. The molecule has 0 bridgehead atoms. The molecular weight excluding hydrogens is 238 g/mol. The Morgan fingerprint density at radius 3 is 2.53 bits per heavy atom. The van der Waals surface area contributed by atoms with Gasteiger partial charge in [-0.15, -0.1) is 0 Å². The number of nitrogens with zero attached hydrogens (tertiary/aromatic N) is 2. The second-order valence-electron chi connectivity index (χ2n) is 4.92. The van der Waals surface area contributed by atoms with Gasteiger partial charge in [0.2, 0.25) is 5.95 Å². The lowest BCUT2D eigenvalue weighted by Crippen LogP contribution is -2.25. The van der Waals surface area contributed by atoms with E-state index in [1.165, 1.54) is 0 Å². The summed E-state index contributed by atoms with van der Waals surface area (Å²) in [5.41, 5.74) is 2.41. The van der Waals surface area contributed by atoms with Crippen molar-refractivity contribution in [3.8, 4) is 11.3 Å². The van der Waals surface area contributed by atoms with Crippen LogP contribution in [0, 0.1) is 6.92 Å². The Hall–Kier alpha value is -2.10. The molecule has 0 radical (unpaired) electrons. The van der Waals surface area contributed by atoms with E-state index in [0.717, 1.165) is 37.2 Å². The number of aromatic nitrogens is 2. The summed E-state index contributed by atoms with van der Waals surface area (Å²) in [6.45, 7) is 3.77. The average Bonchev–Trinajstić information content (AvgIpc) is 2.97. The van der Waals surface area contributed by atoms with E-state index in [0.29, 0.717) is 11.5 Å². The predicted molar refractivity (Wildman–Crippen MR) is 76.5 cm³/mol. The highest BCUT2D eigenvalue weighted by atomic mass is 16.1. The topological polar surface area (TPSA) is 49.0 Å². The van der Waals surface area contributed by atoms with Crippen LogP contribution in [0.5, 0.6) is 0 Å². The molecule has 0 saturated carbocycles. The van der Waals surface area contributed by atoms with E-state index in [-0.39, 0.29) is 5.56 Å². The number of hydrogen-bond acceptors (Lipinski definition) is 3. The fourth-order valence-corrected chi connectivity index (χ4v) is 2.48. The molecule has 2 aromatic rings. The molecule has 1 aliphatic rings. The van der Waals surface area contributed by atoms with Gasteiger partial charge in [0.25, 0.3) is 5.56 Å². The van der Waals surface area contributed by atoms with Gasteiger partial charge in [-0.2, -0.15) is 0 Å². The SMILES string of the molecule is Cc1c(-c2ccccc2)nc(N2CCCC2)[nH]c1=O.